The number of nitrogens with zero attached hydrogens (tertiary/aromatic N) is 1. The minimum atomic E-state index is -0.938. The Kier molecular flexibility index (Phi) is 6.42. The number of carbonyl (C=O) groups is 1. The van der Waals surface area contributed by atoms with Crippen molar-refractivity contribution in [2.24, 2.45) is 5.73 Å². The first kappa shape index (κ1) is 15.6. The van der Waals surface area contributed by atoms with Crippen LogP contribution in [0.2, 0.25) is 0 Å². The predicted molar refractivity (Wildman–Crippen MR) is 70.6 cm³/mol. The van der Waals surface area contributed by atoms with Crippen molar-refractivity contribution in [2.75, 3.05) is 20.1 Å². The summed E-state index contributed by atoms with van der Waals surface area (Å²) in [5.74, 6) is -2.07. The van der Waals surface area contributed by atoms with Crippen LogP contribution in [0.1, 0.15) is 24.8 Å². The zero-order chi connectivity index (χ0) is 14.3. The van der Waals surface area contributed by atoms with E-state index in [2.05, 4.69) is 0 Å². The van der Waals surface area contributed by atoms with Crippen molar-refractivity contribution in [3.63, 3.8) is 0 Å². The molecule has 1 aromatic carbocycles. The smallest absolute Gasteiger partial charge is 0.226 e. The second kappa shape index (κ2) is 7.84. The van der Waals surface area contributed by atoms with Gasteiger partial charge in [-0.05, 0) is 25.5 Å². The van der Waals surface area contributed by atoms with Crippen LogP contribution in [0.5, 0.6) is 0 Å². The van der Waals surface area contributed by atoms with Crippen LogP contribution in [0.25, 0.3) is 0 Å². The van der Waals surface area contributed by atoms with E-state index in [1.807, 2.05) is 0 Å². The average molecular weight is 270 g/mol. The Morgan fingerprint density at radius 3 is 2.68 bits per heavy atom. The first-order valence-electron chi connectivity index (χ1n) is 6.43. The third-order valence-corrected chi connectivity index (χ3v) is 3.00. The maximum absolute atomic E-state index is 13.4. The Balaban J connectivity index is 2.47. The van der Waals surface area contributed by atoms with Crippen molar-refractivity contribution < 1.29 is 13.6 Å². The molecule has 0 fully saturated rings. The summed E-state index contributed by atoms with van der Waals surface area (Å²) in [5.41, 5.74) is 5.48. The summed E-state index contributed by atoms with van der Waals surface area (Å²) in [6.07, 6.45) is 2.64. The molecule has 1 aromatic rings. The number of likely N-dealkylation sites (N-methyl/N-ethyl adjacent to an activating group) is 1. The Hall–Kier alpha value is -1.49. The van der Waals surface area contributed by atoms with E-state index in [-0.39, 0.29) is 17.9 Å². The Labute approximate surface area is 112 Å². The largest absolute Gasteiger partial charge is 0.345 e. The monoisotopic (exact) mass is 270 g/mol. The number of amides is 1. The van der Waals surface area contributed by atoms with E-state index in [0.29, 0.717) is 13.1 Å². The number of hydrogen-bond donors (Lipinski definition) is 1. The molecule has 0 saturated carbocycles. The summed E-state index contributed by atoms with van der Waals surface area (Å²) in [7, 11) is 1.67. The third-order valence-electron chi connectivity index (χ3n) is 3.00. The summed E-state index contributed by atoms with van der Waals surface area (Å²) < 4.78 is 26.4. The fourth-order valence-corrected chi connectivity index (χ4v) is 1.78. The van der Waals surface area contributed by atoms with Crippen molar-refractivity contribution in [3.05, 3.63) is 35.4 Å². The molecule has 0 bridgehead atoms. The number of halogens is 2. The SMILES string of the molecule is CN(CCCCCN)C(=O)Cc1cccc(F)c1F. The molecule has 106 valence electrons. The Morgan fingerprint density at radius 2 is 2.00 bits per heavy atom. The number of nitrogens with two attached hydrogens (primary N) is 1. The van der Waals surface area contributed by atoms with E-state index in [1.165, 1.54) is 12.1 Å². The molecular formula is C14H20F2N2O. The maximum atomic E-state index is 13.4. The number of benzene rings is 1. The van der Waals surface area contributed by atoms with Crippen molar-refractivity contribution in [1.29, 1.82) is 0 Å². The van der Waals surface area contributed by atoms with Crippen LogP contribution in [-0.4, -0.2) is 30.9 Å². The van der Waals surface area contributed by atoms with Gasteiger partial charge in [0.15, 0.2) is 11.6 Å². The second-order valence-electron chi connectivity index (χ2n) is 4.55. The second-order valence-corrected chi connectivity index (χ2v) is 4.55. The van der Waals surface area contributed by atoms with Gasteiger partial charge in [-0.3, -0.25) is 4.79 Å². The van der Waals surface area contributed by atoms with Crippen molar-refractivity contribution in [1.82, 2.24) is 4.90 Å². The van der Waals surface area contributed by atoms with Gasteiger partial charge in [0.1, 0.15) is 0 Å². The van der Waals surface area contributed by atoms with Crippen LogP contribution in [0, 0.1) is 11.6 Å². The maximum Gasteiger partial charge on any atom is 0.226 e. The molecule has 5 heteroatoms. The molecule has 0 aliphatic heterocycles. The van der Waals surface area contributed by atoms with Gasteiger partial charge in [-0.2, -0.15) is 0 Å². The van der Waals surface area contributed by atoms with Crippen LogP contribution >= 0.6 is 0 Å². The lowest BCUT2D eigenvalue weighted by molar-refractivity contribution is -0.129. The summed E-state index contributed by atoms with van der Waals surface area (Å²) in [5, 5.41) is 0. The quantitative estimate of drug-likeness (QED) is 0.771. The van der Waals surface area contributed by atoms with Gasteiger partial charge in [0.05, 0.1) is 6.42 Å². The normalized spacial score (nSPS) is 10.5. The zero-order valence-corrected chi connectivity index (χ0v) is 11.2. The minimum Gasteiger partial charge on any atom is -0.345 e. The molecule has 0 saturated heterocycles. The summed E-state index contributed by atoms with van der Waals surface area (Å²) in [6, 6.07) is 3.88. The molecule has 0 unspecified atom stereocenters. The standard InChI is InChI=1S/C14H20F2N2O/c1-18(9-4-2-3-8-17)13(19)10-11-6-5-7-12(15)14(11)16/h5-7H,2-4,8-10,17H2,1H3. The Bertz CT molecular complexity index is 424. The van der Waals surface area contributed by atoms with Crippen LogP contribution in [0.3, 0.4) is 0 Å². The van der Waals surface area contributed by atoms with Crippen molar-refractivity contribution in [3.8, 4) is 0 Å². The third kappa shape index (κ3) is 4.95. The van der Waals surface area contributed by atoms with E-state index < -0.39 is 11.6 Å². The number of unbranched alkanes of at least 4 members (excludes halogenated alkanes) is 2. The molecule has 0 radical (unpaired) electrons. The van der Waals surface area contributed by atoms with E-state index in [1.54, 1.807) is 11.9 Å². The first-order chi connectivity index (χ1) is 9.06. The van der Waals surface area contributed by atoms with Gasteiger partial charge in [-0.15, -0.1) is 0 Å². The minimum absolute atomic E-state index is 0.0961. The zero-order valence-electron chi connectivity index (χ0n) is 11.2. The van der Waals surface area contributed by atoms with Gasteiger partial charge in [0, 0.05) is 19.2 Å². The number of carbonyl (C=O) groups excluding carboxylic acids is 1. The van der Waals surface area contributed by atoms with E-state index in [0.717, 1.165) is 25.3 Å². The highest BCUT2D eigenvalue weighted by Gasteiger charge is 2.14. The van der Waals surface area contributed by atoms with Crippen molar-refractivity contribution in [2.45, 2.75) is 25.7 Å². The van der Waals surface area contributed by atoms with Gasteiger partial charge in [0.25, 0.3) is 0 Å². The summed E-state index contributed by atoms with van der Waals surface area (Å²) in [4.78, 5) is 13.4. The van der Waals surface area contributed by atoms with Gasteiger partial charge in [-0.25, -0.2) is 8.78 Å². The highest BCUT2D eigenvalue weighted by molar-refractivity contribution is 5.78. The van der Waals surface area contributed by atoms with Gasteiger partial charge >= 0.3 is 0 Å². The number of rotatable bonds is 7. The van der Waals surface area contributed by atoms with Crippen molar-refractivity contribution >= 4 is 5.91 Å². The molecule has 19 heavy (non-hydrogen) atoms. The molecule has 0 aliphatic carbocycles. The molecule has 1 rings (SSSR count). The van der Waals surface area contributed by atoms with Crippen LogP contribution in [0.4, 0.5) is 8.78 Å². The van der Waals surface area contributed by atoms with Crippen LogP contribution in [0.15, 0.2) is 18.2 Å². The predicted octanol–water partition coefficient (Wildman–Crippen LogP) is 2.09. The molecule has 0 aliphatic rings. The molecule has 1 amide bonds. The summed E-state index contributed by atoms with van der Waals surface area (Å²) in [6.45, 7) is 1.25. The van der Waals surface area contributed by atoms with Gasteiger partial charge in [-0.1, -0.05) is 18.6 Å². The molecule has 0 aromatic heterocycles. The molecule has 0 heterocycles. The molecule has 2 N–H and O–H groups in total. The van der Waals surface area contributed by atoms with Gasteiger partial charge < -0.3 is 10.6 Å². The highest BCUT2D eigenvalue weighted by Crippen LogP contribution is 2.12. The lowest BCUT2D eigenvalue weighted by Gasteiger charge is -2.17. The van der Waals surface area contributed by atoms with Crippen LogP contribution < -0.4 is 5.73 Å². The number of hydrogen-bond acceptors (Lipinski definition) is 2. The van der Waals surface area contributed by atoms with Crippen LogP contribution in [-0.2, 0) is 11.2 Å². The van der Waals surface area contributed by atoms with E-state index in [9.17, 15) is 13.6 Å². The molecule has 0 atom stereocenters. The average Bonchev–Trinajstić information content (AvgIpc) is 2.39. The first-order valence-corrected chi connectivity index (χ1v) is 6.43. The van der Waals surface area contributed by atoms with E-state index in [4.69, 9.17) is 5.73 Å². The molecule has 3 nitrogen and oxygen atoms in total. The topological polar surface area (TPSA) is 46.3 Å². The highest BCUT2D eigenvalue weighted by atomic mass is 19.2. The fourth-order valence-electron chi connectivity index (χ4n) is 1.78. The lowest BCUT2D eigenvalue weighted by atomic mass is 10.1. The van der Waals surface area contributed by atoms with Gasteiger partial charge in [0.2, 0.25) is 5.91 Å². The lowest BCUT2D eigenvalue weighted by Crippen LogP contribution is -2.29. The van der Waals surface area contributed by atoms with E-state index >= 15 is 0 Å². The molecular weight excluding hydrogens is 250 g/mol. The summed E-state index contributed by atoms with van der Waals surface area (Å²) >= 11 is 0. The Morgan fingerprint density at radius 1 is 1.26 bits per heavy atom. The fraction of sp³-hybridized carbons (Fsp3) is 0.500. The molecule has 0 spiro atoms.